The molecule has 6 heavy (non-hydrogen) atoms. The van der Waals surface area contributed by atoms with E-state index in [1.807, 2.05) is 0 Å². The van der Waals surface area contributed by atoms with E-state index in [0.717, 1.165) is 0 Å². The summed E-state index contributed by atoms with van der Waals surface area (Å²) in [6, 6.07) is 0. The van der Waals surface area contributed by atoms with Gasteiger partial charge in [-0.25, -0.2) is 0 Å². The normalized spacial score (nSPS) is 5.67. The van der Waals surface area contributed by atoms with Crippen molar-refractivity contribution in [3.05, 3.63) is 6.42 Å². The Labute approximate surface area is 50.9 Å². The van der Waals surface area contributed by atoms with Crippen LogP contribution in [-0.4, -0.2) is 5.78 Å². The van der Waals surface area contributed by atoms with Crippen LogP contribution in [0, 0.1) is 6.42 Å². The van der Waals surface area contributed by atoms with Gasteiger partial charge in [0, 0.05) is 19.5 Å². The van der Waals surface area contributed by atoms with E-state index < -0.39 is 0 Å². The van der Waals surface area contributed by atoms with Crippen molar-refractivity contribution in [2.24, 2.45) is 0 Å². The second-order valence-corrected chi connectivity index (χ2v) is 0.899. The zero-order valence-corrected chi connectivity index (χ0v) is 5.46. The van der Waals surface area contributed by atoms with Gasteiger partial charge in [0.05, 0.1) is 0 Å². The van der Waals surface area contributed by atoms with E-state index in [2.05, 4.69) is 0 Å². The summed E-state index contributed by atoms with van der Waals surface area (Å²) < 4.78 is 0. The molecular weight excluding hydrogens is 167 g/mol. The van der Waals surface area contributed by atoms with Crippen LogP contribution in [0.3, 0.4) is 0 Å². The Balaban J connectivity index is 0. The zero-order chi connectivity index (χ0) is 4.28. The van der Waals surface area contributed by atoms with Crippen molar-refractivity contribution in [3.63, 3.8) is 0 Å². The molecule has 0 amide bonds. The summed E-state index contributed by atoms with van der Waals surface area (Å²) in [5.74, 6) is 0.130. The van der Waals surface area contributed by atoms with E-state index >= 15 is 0 Å². The molecule has 0 aromatic rings. The van der Waals surface area contributed by atoms with Gasteiger partial charge in [0.15, 0.2) is 0 Å². The number of Topliss-reactive ketones (excluding diaryl/α,β-unsaturated/α-hetero) is 1. The fraction of sp³-hybridized carbons (Fsp3) is 0.500. The third-order valence-electron chi connectivity index (χ3n) is 0.407. The van der Waals surface area contributed by atoms with Gasteiger partial charge >= 0.3 is 0 Å². The van der Waals surface area contributed by atoms with Crippen LogP contribution in [-0.2, 0) is 24.3 Å². The Morgan fingerprint density at radius 2 is 1.83 bits per heavy atom. The van der Waals surface area contributed by atoms with Crippen LogP contribution in [0.5, 0.6) is 0 Å². The molecule has 0 N–H and O–H groups in total. The van der Waals surface area contributed by atoms with Gasteiger partial charge in [0.2, 0.25) is 0 Å². The molecule has 0 aliphatic rings. The molecular formula is C4H7ORh-. The van der Waals surface area contributed by atoms with Gasteiger partial charge in [0.1, 0.15) is 0 Å². The average Bonchev–Trinajstić information content (AvgIpc) is 1.38. The van der Waals surface area contributed by atoms with Gasteiger partial charge in [-0.05, 0) is 12.7 Å². The second kappa shape index (κ2) is 5.16. The minimum absolute atomic E-state index is 0. The molecule has 0 rings (SSSR count). The number of hydrogen-bond donors (Lipinski definition) is 0. The minimum Gasteiger partial charge on any atom is -0.335 e. The van der Waals surface area contributed by atoms with Gasteiger partial charge in [-0.1, -0.05) is 0 Å². The molecule has 0 aliphatic carbocycles. The molecule has 1 radical (unpaired) electrons. The topological polar surface area (TPSA) is 17.1 Å². The smallest absolute Gasteiger partial charge is 0 e. The SMILES string of the molecule is C[CH-]C(C)=O.[Rh]. The fourth-order valence-electron chi connectivity index (χ4n) is 0. The van der Waals surface area contributed by atoms with E-state index in [-0.39, 0.29) is 25.3 Å². The van der Waals surface area contributed by atoms with Gasteiger partial charge in [-0.2, -0.15) is 6.92 Å². The zero-order valence-electron chi connectivity index (χ0n) is 3.82. The molecule has 0 saturated heterocycles. The van der Waals surface area contributed by atoms with Crippen molar-refractivity contribution in [2.45, 2.75) is 13.8 Å². The summed E-state index contributed by atoms with van der Waals surface area (Å²) in [6.07, 6.45) is 1.53. The van der Waals surface area contributed by atoms with Gasteiger partial charge < -0.3 is 11.2 Å². The Hall–Kier alpha value is 0.163. The molecule has 0 aromatic heterocycles. The van der Waals surface area contributed by atoms with Crippen LogP contribution in [0.25, 0.3) is 0 Å². The van der Waals surface area contributed by atoms with Gasteiger partial charge in [-0.3, -0.25) is 0 Å². The number of ketones is 1. The van der Waals surface area contributed by atoms with Gasteiger partial charge in [0.25, 0.3) is 0 Å². The van der Waals surface area contributed by atoms with Crippen LogP contribution in [0.2, 0.25) is 0 Å². The summed E-state index contributed by atoms with van der Waals surface area (Å²) in [4.78, 5) is 9.76. The second-order valence-electron chi connectivity index (χ2n) is 0.899. The molecule has 0 unspecified atom stereocenters. The Morgan fingerprint density at radius 3 is 1.83 bits per heavy atom. The number of hydrogen-bond acceptors (Lipinski definition) is 1. The summed E-state index contributed by atoms with van der Waals surface area (Å²) in [6.45, 7) is 3.25. The first-order valence-electron chi connectivity index (χ1n) is 1.57. The molecule has 2 heteroatoms. The third-order valence-corrected chi connectivity index (χ3v) is 0.407. The molecule has 1 nitrogen and oxygen atoms in total. The maximum atomic E-state index is 9.76. The number of carbonyl (C=O) groups excluding carboxylic acids is 1. The Kier molecular flexibility index (Phi) is 8.16. The Morgan fingerprint density at radius 1 is 1.67 bits per heavy atom. The van der Waals surface area contributed by atoms with Crippen molar-refractivity contribution in [3.8, 4) is 0 Å². The monoisotopic (exact) mass is 174 g/mol. The molecule has 0 aromatic carbocycles. The molecule has 0 fully saturated rings. The first-order chi connectivity index (χ1) is 2.27. The molecule has 0 atom stereocenters. The fourth-order valence-corrected chi connectivity index (χ4v) is 0. The number of rotatable bonds is 1. The van der Waals surface area contributed by atoms with Crippen molar-refractivity contribution in [1.82, 2.24) is 0 Å². The maximum Gasteiger partial charge on any atom is 0 e. The Bertz CT molecular complexity index is 42.8. The molecule has 39 valence electrons. The van der Waals surface area contributed by atoms with Crippen LogP contribution >= 0.6 is 0 Å². The molecule has 0 heterocycles. The molecule has 0 saturated carbocycles. The quantitative estimate of drug-likeness (QED) is 0.424. The average molecular weight is 174 g/mol. The van der Waals surface area contributed by atoms with Crippen molar-refractivity contribution < 1.29 is 24.3 Å². The third kappa shape index (κ3) is 8.90. The molecule has 0 bridgehead atoms. The van der Waals surface area contributed by atoms with Crippen LogP contribution < -0.4 is 0 Å². The van der Waals surface area contributed by atoms with Crippen LogP contribution in [0.15, 0.2) is 0 Å². The van der Waals surface area contributed by atoms with Gasteiger partial charge in [-0.15, -0.1) is 0 Å². The van der Waals surface area contributed by atoms with Crippen molar-refractivity contribution in [2.75, 3.05) is 0 Å². The van der Waals surface area contributed by atoms with Crippen molar-refractivity contribution >= 4 is 5.78 Å². The largest absolute Gasteiger partial charge is 0.335 e. The van der Waals surface area contributed by atoms with Crippen LogP contribution in [0.1, 0.15) is 13.8 Å². The van der Waals surface area contributed by atoms with E-state index in [9.17, 15) is 4.79 Å². The van der Waals surface area contributed by atoms with E-state index in [1.165, 1.54) is 13.3 Å². The van der Waals surface area contributed by atoms with Crippen LogP contribution in [0.4, 0.5) is 0 Å². The minimum atomic E-state index is 0. The number of carbonyl (C=O) groups is 1. The maximum absolute atomic E-state index is 9.76. The summed E-state index contributed by atoms with van der Waals surface area (Å²) in [5, 5.41) is 0. The summed E-state index contributed by atoms with van der Waals surface area (Å²) in [7, 11) is 0. The first kappa shape index (κ1) is 9.48. The molecule has 0 aliphatic heterocycles. The van der Waals surface area contributed by atoms with E-state index in [4.69, 9.17) is 0 Å². The predicted molar refractivity (Wildman–Crippen MR) is 20.7 cm³/mol. The molecule has 0 spiro atoms. The first-order valence-corrected chi connectivity index (χ1v) is 1.57. The van der Waals surface area contributed by atoms with Crippen molar-refractivity contribution in [1.29, 1.82) is 0 Å². The predicted octanol–water partition coefficient (Wildman–Crippen LogP) is 0.797. The standard InChI is InChI=1S/C4H7O.Rh/c1-3-4(2)5;/h3H,1-2H3;/q-1;. The van der Waals surface area contributed by atoms with E-state index in [0.29, 0.717) is 0 Å². The summed E-state index contributed by atoms with van der Waals surface area (Å²) >= 11 is 0. The summed E-state index contributed by atoms with van der Waals surface area (Å²) in [5.41, 5.74) is 0. The van der Waals surface area contributed by atoms with E-state index in [1.54, 1.807) is 6.92 Å².